The van der Waals surface area contributed by atoms with Gasteiger partial charge in [-0.05, 0) is 12.8 Å². The number of carbonyl (C=O) groups is 1. The predicted molar refractivity (Wildman–Crippen MR) is 47.4 cm³/mol. The first-order chi connectivity index (χ1) is 6.65. The molecule has 0 atom stereocenters. The Hall–Kier alpha value is -1.97. The zero-order valence-corrected chi connectivity index (χ0v) is 7.47. The van der Waals surface area contributed by atoms with Crippen LogP contribution in [0.2, 0.25) is 0 Å². The third kappa shape index (κ3) is 32.3. The van der Waals surface area contributed by atoms with Gasteiger partial charge in [-0.3, -0.25) is 0 Å². The van der Waals surface area contributed by atoms with Crippen LogP contribution >= 0.6 is 0 Å². The highest BCUT2D eigenvalue weighted by Crippen LogP contribution is 1.88. The summed E-state index contributed by atoms with van der Waals surface area (Å²) in [6.45, 7) is 0.940. The van der Waals surface area contributed by atoms with Crippen LogP contribution in [0.4, 0.5) is 4.79 Å². The Bertz CT molecular complexity index is 217. The first-order valence-corrected chi connectivity index (χ1v) is 3.70. The molecule has 14 heavy (non-hydrogen) atoms. The van der Waals surface area contributed by atoms with Crippen LogP contribution in [0.1, 0.15) is 12.8 Å². The van der Waals surface area contributed by atoms with E-state index in [1.807, 2.05) is 0 Å². The number of amides is 1. The molecule has 0 saturated heterocycles. The summed E-state index contributed by atoms with van der Waals surface area (Å²) in [5, 5.41) is 7.19. The van der Waals surface area contributed by atoms with Gasteiger partial charge in [-0.15, -0.1) is 0 Å². The normalized spacial score (nSPS) is 7.14. The molecule has 0 aromatic carbocycles. The number of isocyanates is 2. The van der Waals surface area contributed by atoms with Gasteiger partial charge in [0.2, 0.25) is 12.2 Å². The SMILES string of the molecule is NC(=O)O.O=C=NCCCCN=C=O. The molecule has 1 amide bonds. The second-order valence-electron chi connectivity index (χ2n) is 1.99. The van der Waals surface area contributed by atoms with Crippen molar-refractivity contribution >= 4 is 18.3 Å². The van der Waals surface area contributed by atoms with E-state index in [1.54, 1.807) is 0 Å². The van der Waals surface area contributed by atoms with E-state index in [-0.39, 0.29) is 0 Å². The van der Waals surface area contributed by atoms with Gasteiger partial charge in [-0.2, -0.15) is 0 Å². The maximum absolute atomic E-state index is 9.52. The van der Waals surface area contributed by atoms with Crippen molar-refractivity contribution in [1.82, 2.24) is 0 Å². The number of primary amides is 1. The zero-order chi connectivity index (χ0) is 11.2. The molecule has 0 aliphatic rings. The lowest BCUT2D eigenvalue weighted by Gasteiger charge is -1.87. The zero-order valence-electron chi connectivity index (χ0n) is 7.47. The number of rotatable bonds is 5. The topological polar surface area (TPSA) is 122 Å². The summed E-state index contributed by atoms with van der Waals surface area (Å²) < 4.78 is 0. The Balaban J connectivity index is 0. The van der Waals surface area contributed by atoms with Gasteiger partial charge in [0.25, 0.3) is 0 Å². The molecular weight excluding hydrogens is 190 g/mol. The molecule has 0 saturated carbocycles. The van der Waals surface area contributed by atoms with Crippen LogP contribution in [-0.4, -0.2) is 36.4 Å². The Morgan fingerprint density at radius 2 is 1.43 bits per heavy atom. The maximum Gasteiger partial charge on any atom is 0.402 e. The third-order valence-electron chi connectivity index (χ3n) is 0.919. The Labute approximate surface area is 80.3 Å². The summed E-state index contributed by atoms with van der Waals surface area (Å²) in [5.74, 6) is 0. The molecule has 0 aromatic heterocycles. The van der Waals surface area contributed by atoms with Crippen LogP contribution in [0.15, 0.2) is 9.98 Å². The average Bonchev–Trinajstić information content (AvgIpc) is 2.10. The second kappa shape index (κ2) is 13.6. The van der Waals surface area contributed by atoms with Crippen LogP contribution in [0.3, 0.4) is 0 Å². The quantitative estimate of drug-likeness (QED) is 0.371. The molecule has 0 spiro atoms. The molecule has 7 heteroatoms. The predicted octanol–water partition coefficient (Wildman–Crippen LogP) is 0.0613. The molecule has 0 heterocycles. The van der Waals surface area contributed by atoms with E-state index >= 15 is 0 Å². The lowest BCUT2D eigenvalue weighted by atomic mass is 10.3. The smallest absolute Gasteiger partial charge is 0.402 e. The summed E-state index contributed by atoms with van der Waals surface area (Å²) >= 11 is 0. The van der Waals surface area contributed by atoms with E-state index in [4.69, 9.17) is 9.90 Å². The summed E-state index contributed by atoms with van der Waals surface area (Å²) in [7, 11) is 0. The van der Waals surface area contributed by atoms with Crippen LogP contribution in [0.25, 0.3) is 0 Å². The third-order valence-corrected chi connectivity index (χ3v) is 0.919. The van der Waals surface area contributed by atoms with Gasteiger partial charge in [0.1, 0.15) is 0 Å². The van der Waals surface area contributed by atoms with Gasteiger partial charge in [-0.25, -0.2) is 24.4 Å². The van der Waals surface area contributed by atoms with Crippen molar-refractivity contribution in [2.75, 3.05) is 13.1 Å². The number of nitrogens with two attached hydrogens (primary N) is 1. The molecular formula is C7H11N3O4. The van der Waals surface area contributed by atoms with Crippen LogP contribution in [-0.2, 0) is 9.59 Å². The number of hydrogen-bond acceptors (Lipinski definition) is 5. The monoisotopic (exact) mass is 201 g/mol. The van der Waals surface area contributed by atoms with Gasteiger partial charge in [0, 0.05) is 0 Å². The van der Waals surface area contributed by atoms with E-state index in [0.717, 1.165) is 12.8 Å². The van der Waals surface area contributed by atoms with Gasteiger partial charge in [-0.1, -0.05) is 0 Å². The number of carbonyl (C=O) groups excluding carboxylic acids is 2. The minimum atomic E-state index is -1.33. The highest BCUT2D eigenvalue weighted by atomic mass is 16.4. The highest BCUT2D eigenvalue weighted by Gasteiger charge is 1.83. The minimum absolute atomic E-state index is 0.470. The van der Waals surface area contributed by atoms with E-state index in [0.29, 0.717) is 13.1 Å². The largest absolute Gasteiger partial charge is 0.465 e. The molecule has 0 bridgehead atoms. The average molecular weight is 201 g/mol. The number of carboxylic acid groups (broad SMARTS) is 1. The van der Waals surface area contributed by atoms with Gasteiger partial charge in [0.05, 0.1) is 13.1 Å². The number of aliphatic imine (C=N–C) groups is 2. The molecule has 0 fully saturated rings. The van der Waals surface area contributed by atoms with Crippen molar-refractivity contribution in [1.29, 1.82) is 0 Å². The molecule has 78 valence electrons. The van der Waals surface area contributed by atoms with Crippen LogP contribution in [0.5, 0.6) is 0 Å². The maximum atomic E-state index is 9.52. The lowest BCUT2D eigenvalue weighted by Crippen LogP contribution is -2.03. The fourth-order valence-electron chi connectivity index (χ4n) is 0.473. The molecule has 0 rings (SSSR count). The number of unbranched alkanes of at least 4 members (excludes halogenated alkanes) is 1. The lowest BCUT2D eigenvalue weighted by molar-refractivity contribution is 0.205. The van der Waals surface area contributed by atoms with Gasteiger partial charge >= 0.3 is 6.09 Å². The van der Waals surface area contributed by atoms with Crippen LogP contribution in [0, 0.1) is 0 Å². The van der Waals surface area contributed by atoms with E-state index in [2.05, 4.69) is 15.7 Å². The first kappa shape index (κ1) is 14.5. The van der Waals surface area contributed by atoms with Crippen LogP contribution < -0.4 is 5.73 Å². The van der Waals surface area contributed by atoms with E-state index < -0.39 is 6.09 Å². The van der Waals surface area contributed by atoms with Crippen molar-refractivity contribution in [2.24, 2.45) is 15.7 Å². The molecule has 0 aliphatic carbocycles. The Morgan fingerprint density at radius 3 is 1.64 bits per heavy atom. The molecule has 3 N–H and O–H groups in total. The highest BCUT2D eigenvalue weighted by molar-refractivity contribution is 5.61. The van der Waals surface area contributed by atoms with Crippen molar-refractivity contribution in [3.8, 4) is 0 Å². The number of hydrogen-bond donors (Lipinski definition) is 2. The number of nitrogens with zero attached hydrogens (tertiary/aromatic N) is 2. The van der Waals surface area contributed by atoms with Crippen molar-refractivity contribution < 1.29 is 19.5 Å². The fourth-order valence-corrected chi connectivity index (χ4v) is 0.473. The van der Waals surface area contributed by atoms with Crippen molar-refractivity contribution in [3.05, 3.63) is 0 Å². The van der Waals surface area contributed by atoms with E-state index in [9.17, 15) is 9.59 Å². The van der Waals surface area contributed by atoms with Crippen molar-refractivity contribution in [3.63, 3.8) is 0 Å². The van der Waals surface area contributed by atoms with Gasteiger partial charge < -0.3 is 10.8 Å². The first-order valence-electron chi connectivity index (χ1n) is 3.70. The molecule has 7 nitrogen and oxygen atoms in total. The minimum Gasteiger partial charge on any atom is -0.465 e. The molecule has 0 aromatic rings. The van der Waals surface area contributed by atoms with Crippen molar-refractivity contribution in [2.45, 2.75) is 12.8 Å². The Kier molecular flexibility index (Phi) is 14.1. The second-order valence-corrected chi connectivity index (χ2v) is 1.99. The summed E-state index contributed by atoms with van der Waals surface area (Å²) in [6, 6.07) is 0. The van der Waals surface area contributed by atoms with E-state index in [1.165, 1.54) is 12.2 Å². The molecule has 0 radical (unpaired) electrons. The molecule has 0 aliphatic heterocycles. The molecule has 0 unspecified atom stereocenters. The summed E-state index contributed by atoms with van der Waals surface area (Å²) in [6.07, 6.45) is 3.05. The van der Waals surface area contributed by atoms with Gasteiger partial charge in [0.15, 0.2) is 0 Å². The standard InChI is InChI=1S/C6H8N2O2.CH3NO2/c9-5-7-3-1-2-4-8-6-10;2-1(3)4/h1-4H2;2H2,(H,3,4). The summed E-state index contributed by atoms with van der Waals surface area (Å²) in [4.78, 5) is 34.5. The summed E-state index contributed by atoms with van der Waals surface area (Å²) in [5.41, 5.74) is 4.03. The Morgan fingerprint density at radius 1 is 1.14 bits per heavy atom. The fraction of sp³-hybridized carbons (Fsp3) is 0.571.